The molecule has 0 aromatic heterocycles. The molecular formula is C46H69N3O5S2. The van der Waals surface area contributed by atoms with Crippen molar-refractivity contribution in [2.45, 2.75) is 117 Å². The number of amides is 1. The predicted molar refractivity (Wildman–Crippen MR) is 226 cm³/mol. The average molecular weight is 808 g/mol. The zero-order valence-electron chi connectivity index (χ0n) is 35.1. The summed E-state index contributed by atoms with van der Waals surface area (Å²) in [5.41, 5.74) is 5.23. The van der Waals surface area contributed by atoms with Crippen molar-refractivity contribution < 1.29 is 21.6 Å². The molecule has 7 aliphatic rings. The molecule has 1 aromatic rings. The lowest BCUT2D eigenvalue weighted by molar-refractivity contribution is -0.225. The predicted octanol–water partition coefficient (Wildman–Crippen LogP) is 7.88. The van der Waals surface area contributed by atoms with E-state index in [1.807, 2.05) is 12.1 Å². The number of nitrogens with zero attached hydrogens (tertiary/aromatic N) is 1. The number of carbonyl (C=O) groups excluding carboxylic acids is 1. The molecule has 6 fully saturated rings. The van der Waals surface area contributed by atoms with Crippen molar-refractivity contribution in [2.24, 2.45) is 56.7 Å². The van der Waals surface area contributed by atoms with E-state index in [1.165, 1.54) is 62.5 Å². The van der Waals surface area contributed by atoms with Crippen LogP contribution in [0.5, 0.6) is 0 Å². The Bertz CT molecular complexity index is 1970. The number of allylic oxidation sites excluding steroid dienone is 3. The van der Waals surface area contributed by atoms with Crippen molar-refractivity contribution in [3.05, 3.63) is 53.6 Å². The topological polar surface area (TPSA) is 113 Å². The van der Waals surface area contributed by atoms with Crippen LogP contribution in [-0.4, -0.2) is 77.1 Å². The van der Waals surface area contributed by atoms with E-state index >= 15 is 0 Å². The molecule has 0 bridgehead atoms. The third kappa shape index (κ3) is 6.61. The van der Waals surface area contributed by atoms with Gasteiger partial charge in [-0.1, -0.05) is 65.0 Å². The minimum Gasteiger partial charge on any atom is -0.315 e. The van der Waals surface area contributed by atoms with Crippen LogP contribution in [0.15, 0.2) is 42.5 Å². The van der Waals surface area contributed by atoms with E-state index in [4.69, 9.17) is 0 Å². The molecule has 1 heterocycles. The minimum absolute atomic E-state index is 0.0441. The number of carbonyl (C=O) groups is 1. The lowest BCUT2D eigenvalue weighted by Crippen LogP contribution is -2.65. The van der Waals surface area contributed by atoms with Crippen molar-refractivity contribution in [3.8, 4) is 0 Å². The first kappa shape index (κ1) is 40.8. The fourth-order valence-electron chi connectivity index (χ4n) is 14.7. The highest BCUT2D eigenvalue weighted by Crippen LogP contribution is 2.77. The summed E-state index contributed by atoms with van der Waals surface area (Å²) in [6.07, 6.45) is 15.0. The van der Waals surface area contributed by atoms with Crippen molar-refractivity contribution in [3.63, 3.8) is 0 Å². The Hall–Kier alpha value is -2.01. The van der Waals surface area contributed by atoms with Crippen molar-refractivity contribution >= 4 is 31.3 Å². The van der Waals surface area contributed by atoms with Gasteiger partial charge in [-0.25, -0.2) is 21.6 Å². The SMILES string of the molecule is C=C(C)[C@@H]1CCC2(CNCCN3CCS(=O)(=O)CC3)CC[C@]3(C)[C@H](CC[C@@H]4C5(C)CC=C(c6ccc(C(=O)NS(=O)(=O)C7CC7)cc6)C(C)(C)[C@@H]5CC[C@]43C)[C@@H]12. The second-order valence-corrected chi connectivity index (χ2v) is 25.3. The summed E-state index contributed by atoms with van der Waals surface area (Å²) in [5, 5.41) is 3.51. The molecule has 9 atom stereocenters. The van der Waals surface area contributed by atoms with Crippen LogP contribution in [0.3, 0.4) is 0 Å². The van der Waals surface area contributed by atoms with Gasteiger partial charge in [0.1, 0.15) is 0 Å². The summed E-state index contributed by atoms with van der Waals surface area (Å²) < 4.78 is 51.1. The molecule has 56 heavy (non-hydrogen) atoms. The van der Waals surface area contributed by atoms with Gasteiger partial charge in [-0.2, -0.15) is 0 Å². The lowest BCUT2D eigenvalue weighted by atomic mass is 9.32. The van der Waals surface area contributed by atoms with E-state index in [0.29, 0.717) is 78.0 Å². The largest absolute Gasteiger partial charge is 0.315 e. The zero-order valence-corrected chi connectivity index (χ0v) is 36.7. The molecule has 0 spiro atoms. The summed E-state index contributed by atoms with van der Waals surface area (Å²) >= 11 is 0. The lowest BCUT2D eigenvalue weighted by Gasteiger charge is -2.72. The van der Waals surface area contributed by atoms with Gasteiger partial charge in [-0.05, 0) is 157 Å². The molecule has 8 nitrogen and oxygen atoms in total. The smallest absolute Gasteiger partial charge is 0.264 e. The summed E-state index contributed by atoms with van der Waals surface area (Å²) in [4.78, 5) is 15.2. The fraction of sp³-hybridized carbons (Fsp3) is 0.761. The first-order valence-electron chi connectivity index (χ1n) is 21.9. The van der Waals surface area contributed by atoms with Gasteiger partial charge in [-0.15, -0.1) is 0 Å². The Kier molecular flexibility index (Phi) is 10.2. The van der Waals surface area contributed by atoms with E-state index < -0.39 is 31.0 Å². The number of benzene rings is 1. The second-order valence-electron chi connectivity index (χ2n) is 21.0. The number of rotatable bonds is 10. The molecule has 1 saturated heterocycles. The number of sulfone groups is 1. The van der Waals surface area contributed by atoms with Crippen LogP contribution in [0.4, 0.5) is 0 Å². The molecular weight excluding hydrogens is 739 g/mol. The number of hydrogen-bond donors (Lipinski definition) is 2. The molecule has 1 amide bonds. The molecule has 10 heteroatoms. The Balaban J connectivity index is 0.998. The highest BCUT2D eigenvalue weighted by Gasteiger charge is 2.70. The van der Waals surface area contributed by atoms with Crippen LogP contribution in [0, 0.1) is 56.7 Å². The van der Waals surface area contributed by atoms with Gasteiger partial charge < -0.3 is 10.2 Å². The molecule has 310 valence electrons. The molecule has 6 aliphatic carbocycles. The van der Waals surface area contributed by atoms with Crippen LogP contribution < -0.4 is 10.0 Å². The van der Waals surface area contributed by atoms with Crippen LogP contribution in [0.1, 0.15) is 128 Å². The summed E-state index contributed by atoms with van der Waals surface area (Å²) in [6.45, 7) is 24.1. The van der Waals surface area contributed by atoms with Crippen LogP contribution >= 0.6 is 0 Å². The fourth-order valence-corrected chi connectivity index (χ4v) is 17.3. The van der Waals surface area contributed by atoms with Crippen molar-refractivity contribution in [1.29, 1.82) is 0 Å². The highest BCUT2D eigenvalue weighted by molar-refractivity contribution is 7.91. The van der Waals surface area contributed by atoms with E-state index in [-0.39, 0.29) is 21.7 Å². The van der Waals surface area contributed by atoms with Gasteiger partial charge in [0.05, 0.1) is 16.8 Å². The third-order valence-corrected chi connectivity index (χ3v) is 21.4. The van der Waals surface area contributed by atoms with E-state index in [2.05, 4.69) is 69.1 Å². The molecule has 1 aromatic carbocycles. The van der Waals surface area contributed by atoms with Gasteiger partial charge in [0.25, 0.3) is 5.91 Å². The van der Waals surface area contributed by atoms with Gasteiger partial charge >= 0.3 is 0 Å². The van der Waals surface area contributed by atoms with Crippen molar-refractivity contribution in [1.82, 2.24) is 14.9 Å². The monoisotopic (exact) mass is 807 g/mol. The van der Waals surface area contributed by atoms with Gasteiger partial charge in [0, 0.05) is 38.3 Å². The number of fused-ring (bicyclic) bond motifs is 7. The van der Waals surface area contributed by atoms with E-state index in [1.54, 1.807) is 12.1 Å². The van der Waals surface area contributed by atoms with Crippen molar-refractivity contribution in [2.75, 3.05) is 44.2 Å². The summed E-state index contributed by atoms with van der Waals surface area (Å²) in [7, 11) is -6.45. The zero-order chi connectivity index (χ0) is 40.1. The number of sulfonamides is 1. The molecule has 5 saturated carbocycles. The van der Waals surface area contributed by atoms with Crippen LogP contribution in [-0.2, 0) is 19.9 Å². The maximum absolute atomic E-state index is 12.9. The summed E-state index contributed by atoms with van der Waals surface area (Å²) in [6, 6.07) is 7.64. The highest BCUT2D eigenvalue weighted by atomic mass is 32.2. The van der Waals surface area contributed by atoms with Crippen LogP contribution in [0.25, 0.3) is 5.57 Å². The molecule has 0 radical (unpaired) electrons. The Morgan fingerprint density at radius 1 is 0.875 bits per heavy atom. The first-order valence-corrected chi connectivity index (χ1v) is 25.3. The average Bonchev–Trinajstić information content (AvgIpc) is 3.93. The first-order chi connectivity index (χ1) is 26.3. The van der Waals surface area contributed by atoms with Gasteiger partial charge in [0.15, 0.2) is 9.84 Å². The van der Waals surface area contributed by atoms with E-state index in [0.717, 1.165) is 31.6 Å². The second kappa shape index (κ2) is 14.0. The third-order valence-electron chi connectivity index (χ3n) is 18.0. The summed E-state index contributed by atoms with van der Waals surface area (Å²) in [5.74, 6) is 3.16. The standard InChI is InChI=1S/C46H69N3O5S2/c1-31(2)35-16-21-46(30-47-24-25-49-26-28-55(51,52)29-27-49)23-22-44(6)37(40(35)46)14-15-39-43(5)19-17-36(42(3,4)38(43)18-20-45(39,44)7)32-8-10-33(11-9-32)41(50)48-56(53,54)34-12-13-34/h8-11,17,34-35,37-40,47H,1,12-16,18-30H2,2-7H3,(H,48,50)/t35-,37+,38-,39+,40+,43?,44+,45+,46?/m0/s1. The number of hydrogen-bond acceptors (Lipinski definition) is 7. The number of nitrogens with one attached hydrogen (secondary N) is 2. The van der Waals surface area contributed by atoms with E-state index in [9.17, 15) is 21.6 Å². The Morgan fingerprint density at radius 3 is 2.23 bits per heavy atom. The maximum Gasteiger partial charge on any atom is 0.264 e. The quantitative estimate of drug-likeness (QED) is 0.183. The minimum atomic E-state index is -3.59. The van der Waals surface area contributed by atoms with Gasteiger partial charge in [0.2, 0.25) is 10.0 Å². The molecule has 1 aliphatic heterocycles. The Labute approximate surface area is 338 Å². The molecule has 8 rings (SSSR count). The molecule has 2 N–H and O–H groups in total. The molecule has 2 unspecified atom stereocenters. The van der Waals surface area contributed by atoms with Crippen LogP contribution in [0.2, 0.25) is 0 Å². The normalized spacial score (nSPS) is 40.3. The van der Waals surface area contributed by atoms with Gasteiger partial charge in [-0.3, -0.25) is 4.79 Å². The maximum atomic E-state index is 12.9. The Morgan fingerprint density at radius 2 is 1.57 bits per heavy atom.